The molecule has 204 valence electrons. The Hall–Kier alpha value is -3.04. The molecule has 1 fully saturated rings. The highest BCUT2D eigenvalue weighted by molar-refractivity contribution is 6.19. The molecule has 2 amide bonds. The van der Waals surface area contributed by atoms with Gasteiger partial charge in [0.25, 0.3) is 11.8 Å². The number of nitrogens with zero attached hydrogens (tertiary/aromatic N) is 3. The van der Waals surface area contributed by atoms with Crippen LogP contribution in [0.15, 0.2) is 63.7 Å². The van der Waals surface area contributed by atoms with Gasteiger partial charge in [-0.1, -0.05) is 32.1 Å². The number of carbonyl (C=O) groups is 2. The maximum absolute atomic E-state index is 13.5. The van der Waals surface area contributed by atoms with Crippen molar-refractivity contribution in [2.75, 3.05) is 59.4 Å². The van der Waals surface area contributed by atoms with Crippen LogP contribution in [0, 0.1) is 0 Å². The van der Waals surface area contributed by atoms with Crippen LogP contribution in [0.3, 0.4) is 0 Å². The second-order valence-electron chi connectivity index (χ2n) is 9.47. The smallest absolute Gasteiger partial charge is 0.263 e. The average Bonchev–Trinajstić information content (AvgIpc) is 3.12. The molecule has 9 heteroatoms. The Morgan fingerprint density at radius 3 is 2.81 bits per heavy atom. The summed E-state index contributed by atoms with van der Waals surface area (Å²) >= 11 is 0. The number of aliphatic imine (C=N–C) groups is 1. The third-order valence-electron chi connectivity index (χ3n) is 6.32. The zero-order valence-electron chi connectivity index (χ0n) is 22.5. The van der Waals surface area contributed by atoms with E-state index in [9.17, 15) is 19.1 Å². The van der Waals surface area contributed by atoms with E-state index in [4.69, 9.17) is 0 Å². The number of aliphatic hydroxyl groups is 1. The molecule has 2 aliphatic rings. The number of nitrogens with one attached hydrogen (secondary N) is 2. The van der Waals surface area contributed by atoms with E-state index >= 15 is 0 Å². The maximum Gasteiger partial charge on any atom is 0.263 e. The summed E-state index contributed by atoms with van der Waals surface area (Å²) in [7, 11) is 2.05. The molecule has 1 saturated heterocycles. The average molecular weight is 516 g/mol. The molecule has 0 aromatic carbocycles. The Bertz CT molecular complexity index is 976. The molecule has 2 bridgehead atoms. The van der Waals surface area contributed by atoms with Gasteiger partial charge in [-0.15, -0.1) is 0 Å². The van der Waals surface area contributed by atoms with Crippen molar-refractivity contribution in [3.63, 3.8) is 0 Å². The Balaban J connectivity index is 2.22. The number of halogens is 1. The molecule has 2 aliphatic heterocycles. The largest absolute Gasteiger partial charge is 0.509 e. The van der Waals surface area contributed by atoms with Crippen LogP contribution in [0.25, 0.3) is 0 Å². The molecule has 0 saturated carbocycles. The van der Waals surface area contributed by atoms with Crippen molar-refractivity contribution < 1.29 is 19.1 Å². The Kier molecular flexibility index (Phi) is 13.0. The molecule has 0 aliphatic carbocycles. The highest BCUT2D eigenvalue weighted by Gasteiger charge is 2.30. The van der Waals surface area contributed by atoms with Gasteiger partial charge in [-0.3, -0.25) is 14.6 Å². The van der Waals surface area contributed by atoms with Crippen molar-refractivity contribution in [3.8, 4) is 0 Å². The molecule has 0 aromatic rings. The molecular formula is C28H42FN5O3. The molecule has 8 nitrogen and oxygen atoms in total. The summed E-state index contributed by atoms with van der Waals surface area (Å²) < 4.78 is 13.2. The van der Waals surface area contributed by atoms with E-state index in [1.807, 2.05) is 7.05 Å². The first-order valence-corrected chi connectivity index (χ1v) is 13.0. The van der Waals surface area contributed by atoms with Crippen molar-refractivity contribution in [1.29, 1.82) is 0 Å². The Morgan fingerprint density at radius 1 is 1.35 bits per heavy atom. The third kappa shape index (κ3) is 10.1. The van der Waals surface area contributed by atoms with Gasteiger partial charge < -0.3 is 25.5 Å². The number of hydrogen-bond acceptors (Lipinski definition) is 6. The standard InChI is InChI=1S/C28H42FN5O3/c1-5-7-13-33(4)14-8-11-32-27(36)26-25(35)19-31-17-23(16-22(6-2)10-9-21(3)29)24-18-30-12-15-34(20-24)28(26)37/h6,9-10,17,30,35H,2,5,7-8,11-16,18-20H2,1,3-4H3,(H,32,36)/b21-9+,22-10+,24-23-,26-25+,31-17?. The minimum atomic E-state index is -0.581. The van der Waals surface area contributed by atoms with Crippen molar-refractivity contribution in [2.45, 2.75) is 39.5 Å². The molecule has 3 N–H and O–H groups in total. The summed E-state index contributed by atoms with van der Waals surface area (Å²) in [5.41, 5.74) is 2.34. The highest BCUT2D eigenvalue weighted by Crippen LogP contribution is 2.20. The number of fused-ring (bicyclic) bond motifs is 2. The molecule has 0 spiro atoms. The van der Waals surface area contributed by atoms with E-state index < -0.39 is 11.8 Å². The minimum absolute atomic E-state index is 0.192. The number of amides is 2. The maximum atomic E-state index is 13.5. The van der Waals surface area contributed by atoms with Gasteiger partial charge in [0, 0.05) is 38.9 Å². The number of carbonyl (C=O) groups excluding carboxylic acids is 2. The fourth-order valence-corrected chi connectivity index (χ4v) is 4.12. The van der Waals surface area contributed by atoms with Gasteiger partial charge in [0.15, 0.2) is 0 Å². The lowest BCUT2D eigenvalue weighted by Gasteiger charge is -2.24. The summed E-state index contributed by atoms with van der Waals surface area (Å²) in [5, 5.41) is 16.9. The Labute approximate surface area is 220 Å². The molecule has 2 rings (SSSR count). The molecular weight excluding hydrogens is 473 g/mol. The summed E-state index contributed by atoms with van der Waals surface area (Å²) in [5.74, 6) is -1.76. The lowest BCUT2D eigenvalue weighted by atomic mass is 9.99. The van der Waals surface area contributed by atoms with E-state index in [1.54, 1.807) is 23.3 Å². The quantitative estimate of drug-likeness (QED) is 0.211. The van der Waals surface area contributed by atoms with E-state index in [-0.39, 0.29) is 23.7 Å². The van der Waals surface area contributed by atoms with Crippen LogP contribution in [0.2, 0.25) is 0 Å². The van der Waals surface area contributed by atoms with Crippen molar-refractivity contribution >= 4 is 18.0 Å². The SMILES string of the molecule is C=C/C(=C\C=C(/C)F)C/C1=C2\CNCCN(C2)C(=O)/C(C(=O)NCCCN(C)CCCC)=C(/O)CN=C1. The number of hydrogen-bond donors (Lipinski definition) is 3. The van der Waals surface area contributed by atoms with Gasteiger partial charge in [-0.25, -0.2) is 4.39 Å². The molecule has 0 radical (unpaired) electrons. The summed E-state index contributed by atoms with van der Waals surface area (Å²) in [4.78, 5) is 34.6. The van der Waals surface area contributed by atoms with Crippen LogP contribution in [0.1, 0.15) is 39.5 Å². The third-order valence-corrected chi connectivity index (χ3v) is 6.32. The second-order valence-corrected chi connectivity index (χ2v) is 9.47. The van der Waals surface area contributed by atoms with E-state index in [0.717, 1.165) is 49.1 Å². The van der Waals surface area contributed by atoms with Crippen molar-refractivity contribution in [2.24, 2.45) is 4.99 Å². The van der Waals surface area contributed by atoms with Crippen LogP contribution in [-0.4, -0.2) is 92.3 Å². The molecule has 0 unspecified atom stereocenters. The number of aliphatic hydroxyl groups excluding tert-OH is 1. The van der Waals surface area contributed by atoms with Gasteiger partial charge in [0.2, 0.25) is 0 Å². The first-order valence-electron chi connectivity index (χ1n) is 13.0. The first-order chi connectivity index (χ1) is 17.8. The van der Waals surface area contributed by atoms with Crippen LogP contribution < -0.4 is 10.6 Å². The van der Waals surface area contributed by atoms with Crippen molar-refractivity contribution in [1.82, 2.24) is 20.4 Å². The molecule has 0 atom stereocenters. The first kappa shape index (κ1) is 30.2. The second kappa shape index (κ2) is 15.9. The number of allylic oxidation sites excluding steroid dienone is 6. The molecule has 37 heavy (non-hydrogen) atoms. The van der Waals surface area contributed by atoms with Crippen LogP contribution in [-0.2, 0) is 9.59 Å². The predicted molar refractivity (Wildman–Crippen MR) is 147 cm³/mol. The molecule has 2 heterocycles. The Morgan fingerprint density at radius 2 is 2.11 bits per heavy atom. The van der Waals surface area contributed by atoms with Gasteiger partial charge >= 0.3 is 0 Å². The van der Waals surface area contributed by atoms with Crippen LogP contribution in [0.4, 0.5) is 4.39 Å². The normalized spacial score (nSPS) is 21.8. The number of unbranched alkanes of at least 4 members (excludes halogenated alkanes) is 1. The summed E-state index contributed by atoms with van der Waals surface area (Å²) in [6.45, 7) is 11.2. The minimum Gasteiger partial charge on any atom is -0.509 e. The lowest BCUT2D eigenvalue weighted by molar-refractivity contribution is -0.130. The molecule has 0 aromatic heterocycles. The van der Waals surface area contributed by atoms with Gasteiger partial charge in [-0.05, 0) is 69.1 Å². The van der Waals surface area contributed by atoms with Crippen LogP contribution in [0.5, 0.6) is 0 Å². The van der Waals surface area contributed by atoms with E-state index in [1.165, 1.54) is 13.0 Å². The predicted octanol–water partition coefficient (Wildman–Crippen LogP) is 3.23. The van der Waals surface area contributed by atoms with Crippen molar-refractivity contribution in [3.05, 3.63) is 58.7 Å². The summed E-state index contributed by atoms with van der Waals surface area (Å²) in [6.07, 6.45) is 9.81. The topological polar surface area (TPSA) is 97.3 Å². The zero-order valence-corrected chi connectivity index (χ0v) is 22.5. The van der Waals surface area contributed by atoms with Gasteiger partial charge in [-0.2, -0.15) is 0 Å². The van der Waals surface area contributed by atoms with Gasteiger partial charge in [0.05, 0.1) is 12.4 Å². The van der Waals surface area contributed by atoms with Gasteiger partial charge in [0.1, 0.15) is 11.3 Å². The summed E-state index contributed by atoms with van der Waals surface area (Å²) in [6, 6.07) is 0. The van der Waals surface area contributed by atoms with Crippen LogP contribution >= 0.6 is 0 Å². The fourth-order valence-electron chi connectivity index (χ4n) is 4.12. The monoisotopic (exact) mass is 515 g/mol. The lowest BCUT2D eigenvalue weighted by Crippen LogP contribution is -2.41. The van der Waals surface area contributed by atoms with E-state index in [0.29, 0.717) is 39.1 Å². The number of rotatable bonds is 12. The fraction of sp³-hybridized carbons (Fsp3) is 0.536. The zero-order chi connectivity index (χ0) is 27.2. The highest BCUT2D eigenvalue weighted by atomic mass is 19.1. The van der Waals surface area contributed by atoms with E-state index in [2.05, 4.69) is 34.0 Å².